The molecule has 0 heterocycles. The van der Waals surface area contributed by atoms with Crippen LogP contribution in [0.5, 0.6) is 0 Å². The Labute approximate surface area is 78.3 Å². The van der Waals surface area contributed by atoms with Gasteiger partial charge in [0.25, 0.3) is 0 Å². The summed E-state index contributed by atoms with van der Waals surface area (Å²) < 4.78 is 0.496. The van der Waals surface area contributed by atoms with Gasteiger partial charge in [-0.05, 0) is 12.0 Å². The van der Waals surface area contributed by atoms with Crippen molar-refractivity contribution < 1.29 is 14.4 Å². The molecule has 0 bridgehead atoms. The third kappa shape index (κ3) is 3.97. The number of likely N-dealkylation sites (N-methyl/N-ethyl adjacent to an activating group) is 1. The lowest BCUT2D eigenvalue weighted by Gasteiger charge is -2.30. The quantitative estimate of drug-likeness (QED) is 0.658. The van der Waals surface area contributed by atoms with Crippen molar-refractivity contribution in [2.45, 2.75) is 12.5 Å². The second-order valence-corrected chi connectivity index (χ2v) is 4.74. The van der Waals surface area contributed by atoms with E-state index in [9.17, 15) is 4.79 Å². The van der Waals surface area contributed by atoms with Crippen LogP contribution in [0.15, 0.2) is 0 Å². The van der Waals surface area contributed by atoms with Crippen LogP contribution < -0.4 is 0 Å². The van der Waals surface area contributed by atoms with Crippen molar-refractivity contribution in [2.75, 3.05) is 33.2 Å². The number of thioether (sulfide) groups is 1. The van der Waals surface area contributed by atoms with Crippen LogP contribution >= 0.6 is 11.8 Å². The van der Waals surface area contributed by atoms with E-state index in [2.05, 4.69) is 0 Å². The molecule has 1 atom stereocenters. The molecule has 0 fully saturated rings. The Morgan fingerprint density at radius 3 is 2.25 bits per heavy atom. The number of aliphatic carboxylic acids is 1. The van der Waals surface area contributed by atoms with Gasteiger partial charge >= 0.3 is 5.97 Å². The highest BCUT2D eigenvalue weighted by atomic mass is 32.2. The Bertz CT molecular complexity index is 154. The summed E-state index contributed by atoms with van der Waals surface area (Å²) in [6.45, 7) is 0. The molecule has 12 heavy (non-hydrogen) atoms. The third-order valence-electron chi connectivity index (χ3n) is 1.82. The first-order chi connectivity index (χ1) is 5.39. The van der Waals surface area contributed by atoms with E-state index >= 15 is 0 Å². The number of carboxylic acid groups (broad SMARTS) is 1. The van der Waals surface area contributed by atoms with E-state index in [4.69, 9.17) is 5.11 Å². The number of nitrogens with zero attached hydrogens (tertiary/aromatic N) is 1. The molecule has 4 heteroatoms. The van der Waals surface area contributed by atoms with E-state index in [1.165, 1.54) is 0 Å². The lowest BCUT2D eigenvalue weighted by atomic mass is 10.2. The first-order valence-electron chi connectivity index (χ1n) is 3.92. The van der Waals surface area contributed by atoms with Crippen LogP contribution in [0.1, 0.15) is 6.42 Å². The second-order valence-electron chi connectivity index (χ2n) is 3.75. The third-order valence-corrected chi connectivity index (χ3v) is 2.46. The van der Waals surface area contributed by atoms with Crippen LogP contribution in [-0.4, -0.2) is 54.8 Å². The molecule has 1 N–H and O–H groups in total. The van der Waals surface area contributed by atoms with Gasteiger partial charge < -0.3 is 9.59 Å². The summed E-state index contributed by atoms with van der Waals surface area (Å²) in [5.74, 6) is 0.212. The van der Waals surface area contributed by atoms with Crippen molar-refractivity contribution in [3.8, 4) is 0 Å². The van der Waals surface area contributed by atoms with Crippen LogP contribution in [0.2, 0.25) is 0 Å². The topological polar surface area (TPSA) is 37.3 Å². The van der Waals surface area contributed by atoms with E-state index in [-0.39, 0.29) is 6.04 Å². The zero-order chi connectivity index (χ0) is 9.78. The van der Waals surface area contributed by atoms with Crippen LogP contribution in [0.4, 0.5) is 0 Å². The van der Waals surface area contributed by atoms with Gasteiger partial charge in [0.2, 0.25) is 0 Å². The Kier molecular flexibility index (Phi) is 4.63. The number of carbonyl (C=O) groups is 1. The smallest absolute Gasteiger partial charge is 0.362 e. The maximum absolute atomic E-state index is 10.8. The normalized spacial score (nSPS) is 14.3. The van der Waals surface area contributed by atoms with Crippen LogP contribution in [0.25, 0.3) is 0 Å². The fourth-order valence-corrected chi connectivity index (χ4v) is 1.53. The van der Waals surface area contributed by atoms with Gasteiger partial charge in [-0.1, -0.05) is 0 Å². The monoisotopic (exact) mass is 192 g/mol. The first-order valence-corrected chi connectivity index (χ1v) is 5.32. The maximum atomic E-state index is 10.8. The minimum atomic E-state index is -0.698. The molecule has 0 aliphatic heterocycles. The van der Waals surface area contributed by atoms with Gasteiger partial charge in [-0.2, -0.15) is 11.8 Å². The average molecular weight is 192 g/mol. The Morgan fingerprint density at radius 1 is 1.50 bits per heavy atom. The second kappa shape index (κ2) is 4.72. The lowest BCUT2D eigenvalue weighted by Crippen LogP contribution is -2.50. The molecule has 0 rings (SSSR count). The molecule has 3 nitrogen and oxygen atoms in total. The van der Waals surface area contributed by atoms with Gasteiger partial charge in [-0.15, -0.1) is 0 Å². The summed E-state index contributed by atoms with van der Waals surface area (Å²) in [7, 11) is 5.75. The molecule has 0 aromatic heterocycles. The lowest BCUT2D eigenvalue weighted by molar-refractivity contribution is -0.887. The minimum absolute atomic E-state index is 0.280. The van der Waals surface area contributed by atoms with E-state index in [0.717, 1.165) is 12.2 Å². The molecule has 0 saturated carbocycles. The summed E-state index contributed by atoms with van der Waals surface area (Å²) in [5.41, 5.74) is 0. The molecular formula is C8H18NO2S+. The molecule has 0 aromatic rings. The summed E-state index contributed by atoms with van der Waals surface area (Å²) in [5, 5.41) is 8.91. The molecular weight excluding hydrogens is 174 g/mol. The fraction of sp³-hybridized carbons (Fsp3) is 0.875. The molecule has 0 radical (unpaired) electrons. The van der Waals surface area contributed by atoms with Gasteiger partial charge in [-0.3, -0.25) is 0 Å². The summed E-state index contributed by atoms with van der Waals surface area (Å²) in [6, 6.07) is -0.280. The fourth-order valence-electron chi connectivity index (χ4n) is 1.07. The Hall–Kier alpha value is -0.220. The SMILES string of the molecule is CSCC[C@@H](C(=O)O)[N+](C)(C)C. The highest BCUT2D eigenvalue weighted by molar-refractivity contribution is 7.98. The number of carboxylic acids is 1. The van der Waals surface area contributed by atoms with Crippen LogP contribution in [0, 0.1) is 0 Å². The maximum Gasteiger partial charge on any atom is 0.362 e. The van der Waals surface area contributed by atoms with E-state index < -0.39 is 5.97 Å². The Morgan fingerprint density at radius 2 is 2.00 bits per heavy atom. The molecule has 0 saturated heterocycles. The van der Waals surface area contributed by atoms with Gasteiger partial charge in [0, 0.05) is 6.42 Å². The number of hydrogen-bond acceptors (Lipinski definition) is 2. The zero-order valence-corrected chi connectivity index (χ0v) is 9.02. The predicted octanol–water partition coefficient (Wildman–Crippen LogP) is 0.899. The minimum Gasteiger partial charge on any atom is -0.477 e. The highest BCUT2D eigenvalue weighted by Crippen LogP contribution is 2.10. The van der Waals surface area contributed by atoms with Crippen molar-refractivity contribution in [3.05, 3.63) is 0 Å². The Balaban J connectivity index is 4.15. The first kappa shape index (κ1) is 11.8. The van der Waals surface area contributed by atoms with Crippen molar-refractivity contribution in [1.29, 1.82) is 0 Å². The highest BCUT2D eigenvalue weighted by Gasteiger charge is 2.30. The van der Waals surface area contributed by atoms with Crippen LogP contribution in [0.3, 0.4) is 0 Å². The zero-order valence-electron chi connectivity index (χ0n) is 8.20. The molecule has 0 aliphatic carbocycles. The molecule has 0 aromatic carbocycles. The van der Waals surface area contributed by atoms with Crippen molar-refractivity contribution >= 4 is 17.7 Å². The van der Waals surface area contributed by atoms with Gasteiger partial charge in [0.15, 0.2) is 6.04 Å². The molecule has 0 aliphatic rings. The van der Waals surface area contributed by atoms with Crippen molar-refractivity contribution in [1.82, 2.24) is 0 Å². The van der Waals surface area contributed by atoms with Gasteiger partial charge in [0.1, 0.15) is 0 Å². The number of rotatable bonds is 5. The summed E-state index contributed by atoms with van der Waals surface area (Å²) in [4.78, 5) is 10.8. The molecule has 0 unspecified atom stereocenters. The van der Waals surface area contributed by atoms with E-state index in [0.29, 0.717) is 4.48 Å². The van der Waals surface area contributed by atoms with Gasteiger partial charge in [0.05, 0.1) is 21.1 Å². The largest absolute Gasteiger partial charge is 0.477 e. The summed E-state index contributed by atoms with van der Waals surface area (Å²) >= 11 is 1.69. The molecule has 0 spiro atoms. The molecule has 0 amide bonds. The predicted molar refractivity (Wildman–Crippen MR) is 52.5 cm³/mol. The standard InChI is InChI=1S/C8H17NO2S/c1-9(2,3)7(8(10)11)5-6-12-4/h7H,5-6H2,1-4H3/p+1/t7-/m0/s1. The molecule has 72 valence electrons. The van der Waals surface area contributed by atoms with Crippen molar-refractivity contribution in [2.24, 2.45) is 0 Å². The van der Waals surface area contributed by atoms with E-state index in [1.807, 2.05) is 27.4 Å². The number of quaternary nitrogens is 1. The number of hydrogen-bond donors (Lipinski definition) is 1. The van der Waals surface area contributed by atoms with E-state index in [1.54, 1.807) is 11.8 Å². The van der Waals surface area contributed by atoms with Crippen LogP contribution in [-0.2, 0) is 4.79 Å². The van der Waals surface area contributed by atoms with Gasteiger partial charge in [-0.25, -0.2) is 4.79 Å². The summed E-state index contributed by atoms with van der Waals surface area (Å²) in [6.07, 6.45) is 2.73. The average Bonchev–Trinajstić information content (AvgIpc) is 1.84. The van der Waals surface area contributed by atoms with Crippen molar-refractivity contribution in [3.63, 3.8) is 0 Å².